The Hall–Kier alpha value is -0.0831. The van der Waals surface area contributed by atoms with E-state index >= 15 is 0 Å². The number of rotatable bonds is 1. The molecule has 0 aromatic carbocycles. The van der Waals surface area contributed by atoms with Gasteiger partial charge >= 0.3 is 0 Å². The fourth-order valence-corrected chi connectivity index (χ4v) is 5.72. The van der Waals surface area contributed by atoms with E-state index in [-0.39, 0.29) is 0 Å². The first kappa shape index (κ1) is 11.4. The van der Waals surface area contributed by atoms with E-state index in [1.807, 2.05) is 0 Å². The molecule has 1 nitrogen and oxygen atoms in total. The van der Waals surface area contributed by atoms with Crippen molar-refractivity contribution in [1.82, 2.24) is 0 Å². The number of hydrogen-bond acceptors (Lipinski definition) is 1. The Kier molecular flexibility index (Phi) is 3.09. The highest BCUT2D eigenvalue weighted by molar-refractivity contribution is 6.79. The van der Waals surface area contributed by atoms with Crippen molar-refractivity contribution in [2.24, 2.45) is 11.8 Å². The van der Waals surface area contributed by atoms with Crippen LogP contribution in [0.3, 0.4) is 0 Å². The molecule has 2 aliphatic rings. The molecule has 0 aromatic rings. The van der Waals surface area contributed by atoms with Crippen molar-refractivity contribution in [2.45, 2.75) is 58.2 Å². The molecule has 0 unspecified atom stereocenters. The van der Waals surface area contributed by atoms with Gasteiger partial charge in [0.2, 0.25) is 8.32 Å². The Bertz CT molecular complexity index is 253. The second kappa shape index (κ2) is 4.06. The molecule has 15 heavy (non-hydrogen) atoms. The van der Waals surface area contributed by atoms with Crippen LogP contribution in [-0.2, 0) is 4.43 Å². The summed E-state index contributed by atoms with van der Waals surface area (Å²) in [7, 11) is -1.55. The molecule has 86 valence electrons. The summed E-state index contributed by atoms with van der Waals surface area (Å²) in [6.07, 6.45) is 7.51. The lowest BCUT2D eigenvalue weighted by Crippen LogP contribution is -2.31. The van der Waals surface area contributed by atoms with E-state index in [0.29, 0.717) is 12.0 Å². The molecular formula is C13H24OSi. The smallest absolute Gasteiger partial charge is 0.214 e. The van der Waals surface area contributed by atoms with Crippen LogP contribution in [0.15, 0.2) is 11.8 Å². The third-order valence-corrected chi connectivity index (χ3v) is 7.22. The largest absolute Gasteiger partial charge is 0.409 e. The maximum Gasteiger partial charge on any atom is 0.214 e. The second-order valence-electron chi connectivity index (χ2n) is 5.80. The van der Waals surface area contributed by atoms with Crippen LogP contribution in [0.25, 0.3) is 0 Å². The van der Waals surface area contributed by atoms with Gasteiger partial charge in [0.25, 0.3) is 0 Å². The number of hydrogen-bond donors (Lipinski definition) is 0. The van der Waals surface area contributed by atoms with E-state index in [0.717, 1.165) is 5.92 Å². The minimum Gasteiger partial charge on any atom is -0.409 e. The minimum atomic E-state index is -1.55. The average Bonchev–Trinajstić information content (AvgIpc) is 2.44. The SMILES string of the molecule is C=C1[C@H](C)[C@@H](C2CCCCC2)O[Si]1(C)C. The predicted molar refractivity (Wildman–Crippen MR) is 67.2 cm³/mol. The van der Waals surface area contributed by atoms with E-state index in [1.54, 1.807) is 0 Å². The first-order valence-electron chi connectivity index (χ1n) is 6.39. The monoisotopic (exact) mass is 224 g/mol. The molecule has 2 fully saturated rings. The van der Waals surface area contributed by atoms with Crippen molar-refractivity contribution in [3.63, 3.8) is 0 Å². The first-order chi connectivity index (χ1) is 7.02. The van der Waals surface area contributed by atoms with Crippen LogP contribution in [0.4, 0.5) is 0 Å². The van der Waals surface area contributed by atoms with Gasteiger partial charge in [0.15, 0.2) is 0 Å². The normalized spacial score (nSPS) is 37.1. The van der Waals surface area contributed by atoms with Gasteiger partial charge in [-0.3, -0.25) is 0 Å². The van der Waals surface area contributed by atoms with Crippen LogP contribution in [0, 0.1) is 11.8 Å². The zero-order valence-corrected chi connectivity index (χ0v) is 11.4. The van der Waals surface area contributed by atoms with Crippen LogP contribution in [0.1, 0.15) is 39.0 Å². The van der Waals surface area contributed by atoms with Crippen molar-refractivity contribution in [2.75, 3.05) is 0 Å². The van der Waals surface area contributed by atoms with E-state index in [9.17, 15) is 0 Å². The van der Waals surface area contributed by atoms with Crippen molar-refractivity contribution in [3.8, 4) is 0 Å². The van der Waals surface area contributed by atoms with Crippen molar-refractivity contribution in [3.05, 3.63) is 11.8 Å². The van der Waals surface area contributed by atoms with Gasteiger partial charge in [-0.2, -0.15) is 0 Å². The summed E-state index contributed by atoms with van der Waals surface area (Å²) in [4.78, 5) is 0. The fourth-order valence-electron chi connectivity index (χ4n) is 3.23. The Morgan fingerprint density at radius 3 is 2.27 bits per heavy atom. The molecule has 0 amide bonds. The molecule has 0 spiro atoms. The summed E-state index contributed by atoms with van der Waals surface area (Å²) >= 11 is 0. The van der Waals surface area contributed by atoms with Crippen molar-refractivity contribution >= 4 is 8.32 Å². The Morgan fingerprint density at radius 1 is 1.20 bits per heavy atom. The summed E-state index contributed by atoms with van der Waals surface area (Å²) in [5.41, 5.74) is 0. The zero-order valence-electron chi connectivity index (χ0n) is 10.4. The van der Waals surface area contributed by atoms with Crippen LogP contribution < -0.4 is 0 Å². The molecule has 1 aliphatic carbocycles. The predicted octanol–water partition coefficient (Wildman–Crippen LogP) is 3.90. The van der Waals surface area contributed by atoms with Gasteiger partial charge in [0, 0.05) is 5.92 Å². The average molecular weight is 224 g/mol. The van der Waals surface area contributed by atoms with Crippen molar-refractivity contribution in [1.29, 1.82) is 0 Å². The van der Waals surface area contributed by atoms with Crippen LogP contribution in [0.5, 0.6) is 0 Å². The van der Waals surface area contributed by atoms with Gasteiger partial charge in [-0.25, -0.2) is 0 Å². The molecule has 2 atom stereocenters. The molecule has 0 bridgehead atoms. The van der Waals surface area contributed by atoms with Crippen LogP contribution in [-0.4, -0.2) is 14.4 Å². The van der Waals surface area contributed by atoms with Gasteiger partial charge in [0.1, 0.15) is 0 Å². The molecule has 1 heterocycles. The lowest BCUT2D eigenvalue weighted by atomic mass is 9.81. The summed E-state index contributed by atoms with van der Waals surface area (Å²) in [5, 5.41) is 1.43. The quantitative estimate of drug-likeness (QED) is 0.614. The first-order valence-corrected chi connectivity index (χ1v) is 9.30. The maximum atomic E-state index is 6.35. The molecule has 0 radical (unpaired) electrons. The molecule has 1 aliphatic heterocycles. The molecule has 0 N–H and O–H groups in total. The summed E-state index contributed by atoms with van der Waals surface area (Å²) in [6.45, 7) is 11.2. The van der Waals surface area contributed by atoms with Crippen molar-refractivity contribution < 1.29 is 4.43 Å². The highest BCUT2D eigenvalue weighted by Gasteiger charge is 2.46. The van der Waals surface area contributed by atoms with Gasteiger partial charge in [-0.1, -0.05) is 31.4 Å². The lowest BCUT2D eigenvalue weighted by Gasteiger charge is -2.30. The van der Waals surface area contributed by atoms with Crippen LogP contribution in [0.2, 0.25) is 13.1 Å². The zero-order chi connectivity index (χ0) is 11.1. The summed E-state index contributed by atoms with van der Waals surface area (Å²) < 4.78 is 6.35. The summed E-state index contributed by atoms with van der Waals surface area (Å²) in [5.74, 6) is 1.43. The Morgan fingerprint density at radius 2 is 1.80 bits per heavy atom. The topological polar surface area (TPSA) is 9.23 Å². The second-order valence-corrected chi connectivity index (χ2v) is 9.70. The van der Waals surface area contributed by atoms with Gasteiger partial charge in [0.05, 0.1) is 6.10 Å². The molecule has 1 saturated carbocycles. The Balaban J connectivity index is 2.07. The highest BCUT2D eigenvalue weighted by atomic mass is 28.4. The van der Waals surface area contributed by atoms with E-state index in [4.69, 9.17) is 4.43 Å². The van der Waals surface area contributed by atoms with E-state index in [2.05, 4.69) is 26.6 Å². The minimum absolute atomic E-state index is 0.500. The van der Waals surface area contributed by atoms with Gasteiger partial charge < -0.3 is 4.43 Å². The third kappa shape index (κ3) is 2.07. The standard InChI is InChI=1S/C13H24OSi/c1-10-11(2)15(3,4)14-13(10)12-8-6-5-7-9-12/h10,12-13H,2,5-9H2,1,3-4H3/t10-,13-/m0/s1. The Labute approximate surface area is 95.0 Å². The maximum absolute atomic E-state index is 6.35. The summed E-state index contributed by atoms with van der Waals surface area (Å²) in [6, 6.07) is 0. The van der Waals surface area contributed by atoms with E-state index in [1.165, 1.54) is 37.3 Å². The lowest BCUT2D eigenvalue weighted by molar-refractivity contribution is 0.0937. The van der Waals surface area contributed by atoms with Gasteiger partial charge in [-0.05, 0) is 31.9 Å². The van der Waals surface area contributed by atoms with Gasteiger partial charge in [-0.15, -0.1) is 6.58 Å². The molecule has 2 rings (SSSR count). The fraction of sp³-hybridized carbons (Fsp3) is 0.846. The molecule has 0 aromatic heterocycles. The highest BCUT2D eigenvalue weighted by Crippen LogP contribution is 2.42. The van der Waals surface area contributed by atoms with Crippen LogP contribution >= 0.6 is 0 Å². The molecule has 1 saturated heterocycles. The van der Waals surface area contributed by atoms with E-state index < -0.39 is 8.32 Å². The third-order valence-electron chi connectivity index (χ3n) is 4.36. The molecular weight excluding hydrogens is 200 g/mol. The molecule has 2 heteroatoms.